The molecule has 0 unspecified atom stereocenters. The maximum atomic E-state index is 11.2. The molecule has 5 nitrogen and oxygen atoms in total. The SMILES string of the molecule is CN(C)CCn1nc(-c2ccccc2)c(C=O)c1N. The molecule has 0 bridgehead atoms. The molecule has 5 heteroatoms. The summed E-state index contributed by atoms with van der Waals surface area (Å²) in [6.07, 6.45) is 0.775. The molecule has 0 aliphatic rings. The third-order valence-corrected chi connectivity index (χ3v) is 2.95. The highest BCUT2D eigenvalue weighted by Gasteiger charge is 2.16. The van der Waals surface area contributed by atoms with Crippen molar-refractivity contribution in [1.29, 1.82) is 0 Å². The summed E-state index contributed by atoms with van der Waals surface area (Å²) >= 11 is 0. The highest BCUT2D eigenvalue weighted by molar-refractivity contribution is 5.91. The highest BCUT2D eigenvalue weighted by Crippen LogP contribution is 2.25. The number of benzene rings is 1. The van der Waals surface area contributed by atoms with E-state index in [2.05, 4.69) is 5.10 Å². The van der Waals surface area contributed by atoms with Gasteiger partial charge in [0, 0.05) is 12.1 Å². The number of likely N-dealkylation sites (N-methyl/N-ethyl adjacent to an activating group) is 1. The minimum atomic E-state index is 0.427. The Morgan fingerprint density at radius 2 is 2.00 bits per heavy atom. The summed E-state index contributed by atoms with van der Waals surface area (Å²) in [5, 5.41) is 4.46. The first kappa shape index (κ1) is 13.3. The smallest absolute Gasteiger partial charge is 0.156 e. The molecule has 0 saturated carbocycles. The van der Waals surface area contributed by atoms with Gasteiger partial charge in [-0.15, -0.1) is 0 Å². The van der Waals surface area contributed by atoms with Gasteiger partial charge in [0.25, 0.3) is 0 Å². The van der Waals surface area contributed by atoms with E-state index in [1.807, 2.05) is 49.3 Å². The third kappa shape index (κ3) is 2.82. The number of nitrogens with two attached hydrogens (primary N) is 1. The second-order valence-corrected chi connectivity index (χ2v) is 4.66. The van der Waals surface area contributed by atoms with Gasteiger partial charge in [0.1, 0.15) is 11.5 Å². The number of hydrogen-bond acceptors (Lipinski definition) is 4. The molecule has 1 aromatic carbocycles. The summed E-state index contributed by atoms with van der Waals surface area (Å²) < 4.78 is 1.69. The van der Waals surface area contributed by atoms with Gasteiger partial charge in [0.15, 0.2) is 6.29 Å². The number of carbonyl (C=O) groups is 1. The molecule has 2 N–H and O–H groups in total. The van der Waals surface area contributed by atoms with Crippen LogP contribution in [0.4, 0.5) is 5.82 Å². The van der Waals surface area contributed by atoms with Gasteiger partial charge in [0.2, 0.25) is 0 Å². The Bertz CT molecular complexity index is 560. The molecule has 1 aromatic heterocycles. The fourth-order valence-electron chi connectivity index (χ4n) is 1.88. The molecule has 0 aliphatic heterocycles. The van der Waals surface area contributed by atoms with Gasteiger partial charge in [0.05, 0.1) is 12.1 Å². The summed E-state index contributed by atoms with van der Waals surface area (Å²) in [4.78, 5) is 13.3. The standard InChI is InChI=1S/C14H18N4O/c1-17(2)8-9-18-14(15)12(10-19)13(16-18)11-6-4-3-5-7-11/h3-7,10H,8-9,15H2,1-2H3. The molecular weight excluding hydrogens is 240 g/mol. The van der Waals surface area contributed by atoms with E-state index in [-0.39, 0.29) is 0 Å². The van der Waals surface area contributed by atoms with E-state index in [1.165, 1.54) is 0 Å². The average Bonchev–Trinajstić information content (AvgIpc) is 2.74. The van der Waals surface area contributed by atoms with E-state index < -0.39 is 0 Å². The summed E-state index contributed by atoms with van der Waals surface area (Å²) in [6, 6.07) is 9.60. The lowest BCUT2D eigenvalue weighted by molar-refractivity contribution is 0.112. The predicted octanol–water partition coefficient (Wildman–Crippen LogP) is 1.51. The molecule has 1 heterocycles. The number of anilines is 1. The van der Waals surface area contributed by atoms with Crippen LogP contribution in [0.25, 0.3) is 11.3 Å². The molecule has 0 aliphatic carbocycles. The first-order valence-corrected chi connectivity index (χ1v) is 6.15. The van der Waals surface area contributed by atoms with Crippen molar-refractivity contribution in [2.24, 2.45) is 0 Å². The summed E-state index contributed by atoms with van der Waals surface area (Å²) in [6.45, 7) is 1.48. The van der Waals surface area contributed by atoms with Crippen LogP contribution in [-0.4, -0.2) is 41.6 Å². The zero-order valence-corrected chi connectivity index (χ0v) is 11.2. The molecule has 0 fully saturated rings. The van der Waals surface area contributed by atoms with Gasteiger partial charge in [-0.1, -0.05) is 30.3 Å². The second kappa shape index (κ2) is 5.67. The molecule has 0 saturated heterocycles. The fourth-order valence-corrected chi connectivity index (χ4v) is 1.88. The van der Waals surface area contributed by atoms with E-state index >= 15 is 0 Å². The number of aldehydes is 1. The van der Waals surface area contributed by atoms with Gasteiger partial charge >= 0.3 is 0 Å². The first-order chi connectivity index (χ1) is 9.13. The third-order valence-electron chi connectivity index (χ3n) is 2.95. The van der Waals surface area contributed by atoms with Crippen molar-refractivity contribution in [3.8, 4) is 11.3 Å². The van der Waals surface area contributed by atoms with Gasteiger partial charge < -0.3 is 10.6 Å². The minimum Gasteiger partial charge on any atom is -0.383 e. The van der Waals surface area contributed by atoms with Crippen molar-refractivity contribution in [3.63, 3.8) is 0 Å². The maximum absolute atomic E-state index is 11.2. The molecule has 2 aromatic rings. The monoisotopic (exact) mass is 258 g/mol. The van der Waals surface area contributed by atoms with E-state index in [1.54, 1.807) is 4.68 Å². The predicted molar refractivity (Wildman–Crippen MR) is 76.0 cm³/mol. The average molecular weight is 258 g/mol. The Morgan fingerprint density at radius 1 is 1.32 bits per heavy atom. The molecule has 0 amide bonds. The van der Waals surface area contributed by atoms with Crippen LogP contribution in [0.5, 0.6) is 0 Å². The van der Waals surface area contributed by atoms with Crippen LogP contribution in [0.15, 0.2) is 30.3 Å². The van der Waals surface area contributed by atoms with Crippen LogP contribution in [0.3, 0.4) is 0 Å². The van der Waals surface area contributed by atoms with Crippen LogP contribution < -0.4 is 5.73 Å². The highest BCUT2D eigenvalue weighted by atomic mass is 16.1. The van der Waals surface area contributed by atoms with Crippen LogP contribution in [-0.2, 0) is 6.54 Å². The van der Waals surface area contributed by atoms with Gasteiger partial charge in [-0.25, -0.2) is 4.68 Å². The van der Waals surface area contributed by atoms with Crippen molar-refractivity contribution in [2.45, 2.75) is 6.54 Å². The summed E-state index contributed by atoms with van der Waals surface area (Å²) in [5.41, 5.74) is 8.00. The number of nitrogens with zero attached hydrogens (tertiary/aromatic N) is 3. The van der Waals surface area contributed by atoms with Gasteiger partial charge in [-0.3, -0.25) is 4.79 Å². The number of nitrogen functional groups attached to an aromatic ring is 1. The normalized spacial score (nSPS) is 10.9. The van der Waals surface area contributed by atoms with E-state index in [9.17, 15) is 4.79 Å². The minimum absolute atomic E-state index is 0.427. The van der Waals surface area contributed by atoms with Crippen molar-refractivity contribution in [1.82, 2.24) is 14.7 Å². The van der Waals surface area contributed by atoms with Crippen LogP contribution in [0, 0.1) is 0 Å². The molecule has 0 atom stereocenters. The first-order valence-electron chi connectivity index (χ1n) is 6.15. The molecule has 0 spiro atoms. The Kier molecular flexibility index (Phi) is 3.97. The van der Waals surface area contributed by atoms with Crippen LogP contribution in [0.1, 0.15) is 10.4 Å². The van der Waals surface area contributed by atoms with E-state index in [0.29, 0.717) is 23.6 Å². The van der Waals surface area contributed by atoms with E-state index in [4.69, 9.17) is 5.73 Å². The summed E-state index contributed by atoms with van der Waals surface area (Å²) in [5.74, 6) is 0.427. The maximum Gasteiger partial charge on any atom is 0.156 e. The molecule has 100 valence electrons. The number of aromatic nitrogens is 2. The molecule has 2 rings (SSSR count). The second-order valence-electron chi connectivity index (χ2n) is 4.66. The zero-order valence-electron chi connectivity index (χ0n) is 11.2. The fraction of sp³-hybridized carbons (Fsp3) is 0.286. The molecule has 0 radical (unpaired) electrons. The zero-order chi connectivity index (χ0) is 13.8. The quantitative estimate of drug-likeness (QED) is 0.826. The lowest BCUT2D eigenvalue weighted by atomic mass is 10.1. The number of rotatable bonds is 5. The Balaban J connectivity index is 2.39. The lowest BCUT2D eigenvalue weighted by Gasteiger charge is -2.10. The van der Waals surface area contributed by atoms with Crippen LogP contribution >= 0.6 is 0 Å². The van der Waals surface area contributed by atoms with E-state index in [0.717, 1.165) is 18.4 Å². The largest absolute Gasteiger partial charge is 0.383 e. The number of hydrogen-bond donors (Lipinski definition) is 1. The lowest BCUT2D eigenvalue weighted by Crippen LogP contribution is -2.20. The molecule has 19 heavy (non-hydrogen) atoms. The summed E-state index contributed by atoms with van der Waals surface area (Å²) in [7, 11) is 3.97. The Labute approximate surface area is 112 Å². The topological polar surface area (TPSA) is 64.2 Å². The Hall–Kier alpha value is -2.14. The van der Waals surface area contributed by atoms with Crippen molar-refractivity contribution in [3.05, 3.63) is 35.9 Å². The Morgan fingerprint density at radius 3 is 2.58 bits per heavy atom. The molecular formula is C14H18N4O. The van der Waals surface area contributed by atoms with Crippen molar-refractivity contribution >= 4 is 12.1 Å². The van der Waals surface area contributed by atoms with Crippen molar-refractivity contribution in [2.75, 3.05) is 26.4 Å². The van der Waals surface area contributed by atoms with Crippen LogP contribution in [0.2, 0.25) is 0 Å². The van der Waals surface area contributed by atoms with Crippen molar-refractivity contribution < 1.29 is 4.79 Å². The number of carbonyl (C=O) groups excluding carboxylic acids is 1. The van der Waals surface area contributed by atoms with Gasteiger partial charge in [-0.2, -0.15) is 5.10 Å². The van der Waals surface area contributed by atoms with Gasteiger partial charge in [-0.05, 0) is 14.1 Å².